The van der Waals surface area contributed by atoms with E-state index in [1.165, 1.54) is 0 Å². The fourth-order valence-corrected chi connectivity index (χ4v) is 3.79. The molecule has 2 aliphatic heterocycles. The molecule has 6 nitrogen and oxygen atoms in total. The molecule has 110 valence electrons. The van der Waals surface area contributed by atoms with Crippen molar-refractivity contribution in [1.82, 2.24) is 14.8 Å². The van der Waals surface area contributed by atoms with Gasteiger partial charge in [0.15, 0.2) is 5.58 Å². The largest absolute Gasteiger partial charge is 0.417 e. The molecule has 0 unspecified atom stereocenters. The number of hydrogen-bond donors (Lipinski definition) is 1. The number of H-pyrrole nitrogens is 1. The van der Waals surface area contributed by atoms with Crippen molar-refractivity contribution in [1.29, 1.82) is 0 Å². The second-order valence-corrected chi connectivity index (χ2v) is 6.34. The van der Waals surface area contributed by atoms with Crippen molar-refractivity contribution < 1.29 is 9.21 Å². The molecule has 2 saturated heterocycles. The van der Waals surface area contributed by atoms with E-state index in [1.54, 1.807) is 18.2 Å². The zero-order valence-electron chi connectivity index (χ0n) is 11.9. The summed E-state index contributed by atoms with van der Waals surface area (Å²) in [6.07, 6.45) is 1.06. The summed E-state index contributed by atoms with van der Waals surface area (Å²) >= 11 is 0. The molecule has 1 N–H and O–H groups in total. The second kappa shape index (κ2) is 4.21. The van der Waals surface area contributed by atoms with Crippen LogP contribution in [0.15, 0.2) is 27.4 Å². The van der Waals surface area contributed by atoms with Crippen LogP contribution in [0.4, 0.5) is 0 Å². The molecule has 1 aromatic carbocycles. The molecule has 4 rings (SSSR count). The van der Waals surface area contributed by atoms with E-state index in [-0.39, 0.29) is 11.3 Å². The second-order valence-electron chi connectivity index (χ2n) is 6.34. The fourth-order valence-electron chi connectivity index (χ4n) is 3.79. The van der Waals surface area contributed by atoms with E-state index in [0.717, 1.165) is 32.6 Å². The van der Waals surface area contributed by atoms with Crippen LogP contribution in [0.2, 0.25) is 0 Å². The number of benzene rings is 1. The van der Waals surface area contributed by atoms with Gasteiger partial charge in [0, 0.05) is 31.6 Å². The molecule has 1 amide bonds. The number of hydrogen-bond acceptors (Lipinski definition) is 4. The Morgan fingerprint density at radius 3 is 2.90 bits per heavy atom. The van der Waals surface area contributed by atoms with Gasteiger partial charge in [-0.25, -0.2) is 4.79 Å². The van der Waals surface area contributed by atoms with E-state index in [0.29, 0.717) is 16.7 Å². The summed E-state index contributed by atoms with van der Waals surface area (Å²) in [6.45, 7) is 3.70. The zero-order valence-corrected chi connectivity index (χ0v) is 11.9. The number of nitrogens with zero attached hydrogens (tertiary/aromatic N) is 2. The number of aromatic amines is 1. The van der Waals surface area contributed by atoms with Crippen LogP contribution in [-0.4, -0.2) is 53.9 Å². The van der Waals surface area contributed by atoms with Gasteiger partial charge < -0.3 is 14.2 Å². The first-order chi connectivity index (χ1) is 10.1. The van der Waals surface area contributed by atoms with E-state index in [9.17, 15) is 9.59 Å². The lowest BCUT2D eigenvalue weighted by molar-refractivity contribution is 0.0294. The Balaban J connectivity index is 1.64. The average Bonchev–Trinajstić information content (AvgIpc) is 3.00. The van der Waals surface area contributed by atoms with Crippen molar-refractivity contribution in [3.05, 3.63) is 34.3 Å². The summed E-state index contributed by atoms with van der Waals surface area (Å²) in [5.74, 6) is -0.548. The third-order valence-corrected chi connectivity index (χ3v) is 4.62. The Morgan fingerprint density at radius 1 is 1.33 bits per heavy atom. The van der Waals surface area contributed by atoms with Gasteiger partial charge in [-0.15, -0.1) is 0 Å². The molecule has 0 bridgehead atoms. The summed E-state index contributed by atoms with van der Waals surface area (Å²) < 4.78 is 5.02. The van der Waals surface area contributed by atoms with Gasteiger partial charge in [0.25, 0.3) is 5.91 Å². The van der Waals surface area contributed by atoms with Crippen molar-refractivity contribution in [3.8, 4) is 0 Å². The summed E-state index contributed by atoms with van der Waals surface area (Å²) in [7, 11) is 2.10. The molecule has 0 aliphatic carbocycles. The molecular formula is C15H17N3O3. The van der Waals surface area contributed by atoms with Crippen molar-refractivity contribution in [2.45, 2.75) is 6.42 Å². The van der Waals surface area contributed by atoms with E-state index in [4.69, 9.17) is 4.42 Å². The van der Waals surface area contributed by atoms with Gasteiger partial charge in [-0.1, -0.05) is 6.07 Å². The molecule has 1 spiro atoms. The van der Waals surface area contributed by atoms with Gasteiger partial charge in [0.2, 0.25) is 0 Å². The number of amides is 1. The van der Waals surface area contributed by atoms with E-state index >= 15 is 0 Å². The number of para-hydroxylation sites is 1. The molecule has 0 radical (unpaired) electrons. The highest BCUT2D eigenvalue weighted by atomic mass is 16.4. The van der Waals surface area contributed by atoms with Crippen LogP contribution in [0.3, 0.4) is 0 Å². The highest BCUT2D eigenvalue weighted by Crippen LogP contribution is 2.39. The van der Waals surface area contributed by atoms with Gasteiger partial charge in [-0.2, -0.15) is 0 Å². The molecule has 3 heterocycles. The normalized spacial score (nSPS) is 21.1. The zero-order chi connectivity index (χ0) is 14.6. The average molecular weight is 287 g/mol. The molecule has 2 aromatic rings. The van der Waals surface area contributed by atoms with Gasteiger partial charge >= 0.3 is 5.76 Å². The number of aromatic nitrogens is 1. The first-order valence-electron chi connectivity index (χ1n) is 7.16. The topological polar surface area (TPSA) is 69.5 Å². The predicted molar refractivity (Wildman–Crippen MR) is 77.3 cm³/mol. The predicted octanol–water partition coefficient (Wildman–Crippen LogP) is 0.899. The Bertz CT molecular complexity index is 770. The van der Waals surface area contributed by atoms with E-state index in [1.807, 2.05) is 4.90 Å². The quantitative estimate of drug-likeness (QED) is 0.846. The number of carbonyl (C=O) groups excluding carboxylic acids is 1. The molecule has 2 aliphatic rings. The molecule has 1 aromatic heterocycles. The molecule has 21 heavy (non-hydrogen) atoms. The number of oxazole rings is 1. The standard InChI is InChI=1S/C15H17N3O3/c1-17-7-15(8-17)5-6-18(9-15)13(19)10-3-2-4-11-12(10)16-14(20)21-11/h2-4H,5-9H2,1H3,(H,16,20). The van der Waals surface area contributed by atoms with Crippen LogP contribution in [0.5, 0.6) is 0 Å². The Morgan fingerprint density at radius 2 is 2.14 bits per heavy atom. The van der Waals surface area contributed by atoms with Crippen LogP contribution < -0.4 is 5.76 Å². The minimum Gasteiger partial charge on any atom is -0.408 e. The maximum absolute atomic E-state index is 12.7. The van der Waals surface area contributed by atoms with Crippen LogP contribution in [-0.2, 0) is 0 Å². The Kier molecular flexibility index (Phi) is 2.53. The van der Waals surface area contributed by atoms with Crippen LogP contribution in [0.1, 0.15) is 16.8 Å². The first-order valence-corrected chi connectivity index (χ1v) is 7.16. The monoisotopic (exact) mass is 287 g/mol. The molecule has 0 saturated carbocycles. The van der Waals surface area contributed by atoms with Crippen LogP contribution in [0, 0.1) is 5.41 Å². The van der Waals surface area contributed by atoms with Crippen molar-refractivity contribution in [2.24, 2.45) is 5.41 Å². The minimum absolute atomic E-state index is 0.0240. The Labute approximate surface area is 121 Å². The lowest BCUT2D eigenvalue weighted by Gasteiger charge is -2.46. The summed E-state index contributed by atoms with van der Waals surface area (Å²) in [6, 6.07) is 5.18. The van der Waals surface area contributed by atoms with E-state index in [2.05, 4.69) is 16.9 Å². The van der Waals surface area contributed by atoms with Gasteiger partial charge in [-0.3, -0.25) is 9.78 Å². The number of rotatable bonds is 1. The highest BCUT2D eigenvalue weighted by Gasteiger charge is 2.47. The van der Waals surface area contributed by atoms with Gasteiger partial charge in [0.1, 0.15) is 0 Å². The minimum atomic E-state index is -0.524. The lowest BCUT2D eigenvalue weighted by Crippen LogP contribution is -2.55. The third-order valence-electron chi connectivity index (χ3n) is 4.62. The molecule has 6 heteroatoms. The maximum Gasteiger partial charge on any atom is 0.417 e. The fraction of sp³-hybridized carbons (Fsp3) is 0.467. The number of likely N-dealkylation sites (tertiary alicyclic amines) is 2. The Hall–Kier alpha value is -2.08. The van der Waals surface area contributed by atoms with Crippen molar-refractivity contribution in [2.75, 3.05) is 33.2 Å². The maximum atomic E-state index is 12.7. The van der Waals surface area contributed by atoms with Crippen molar-refractivity contribution >= 4 is 17.0 Å². The highest BCUT2D eigenvalue weighted by molar-refractivity contribution is 6.04. The molecule has 0 atom stereocenters. The number of carbonyl (C=O) groups is 1. The smallest absolute Gasteiger partial charge is 0.408 e. The number of nitrogens with one attached hydrogen (secondary N) is 1. The third kappa shape index (κ3) is 1.90. The summed E-state index contributed by atoms with van der Waals surface area (Å²) in [5, 5.41) is 0. The summed E-state index contributed by atoms with van der Waals surface area (Å²) in [4.78, 5) is 30.8. The molecule has 2 fully saturated rings. The lowest BCUT2D eigenvalue weighted by atomic mass is 9.79. The van der Waals surface area contributed by atoms with Crippen molar-refractivity contribution in [3.63, 3.8) is 0 Å². The van der Waals surface area contributed by atoms with Crippen LogP contribution >= 0.6 is 0 Å². The van der Waals surface area contributed by atoms with Gasteiger partial charge in [-0.05, 0) is 25.6 Å². The van der Waals surface area contributed by atoms with E-state index < -0.39 is 5.76 Å². The first kappa shape index (κ1) is 12.6. The van der Waals surface area contributed by atoms with Gasteiger partial charge in [0.05, 0.1) is 11.1 Å². The van der Waals surface area contributed by atoms with Crippen LogP contribution in [0.25, 0.3) is 11.1 Å². The number of fused-ring (bicyclic) bond motifs is 1. The molecular weight excluding hydrogens is 270 g/mol. The SMILES string of the molecule is CN1CC2(CCN(C(=O)c3cccc4oc(=O)[nH]c34)C2)C1. The summed E-state index contributed by atoms with van der Waals surface area (Å²) in [5.41, 5.74) is 1.73.